The molecule has 0 saturated carbocycles. The molecule has 2 aliphatic rings. The molecule has 2 saturated heterocycles. The molecule has 8 heteroatoms. The summed E-state index contributed by atoms with van der Waals surface area (Å²) < 4.78 is 10.2. The summed E-state index contributed by atoms with van der Waals surface area (Å²) in [6, 6.07) is 18.5. The van der Waals surface area contributed by atoms with Gasteiger partial charge in [0.1, 0.15) is 6.04 Å². The van der Waals surface area contributed by atoms with Crippen LogP contribution in [-0.4, -0.2) is 43.1 Å². The first-order chi connectivity index (χ1) is 15.5. The van der Waals surface area contributed by atoms with Crippen molar-refractivity contribution >= 4 is 29.7 Å². The topological polar surface area (TPSA) is 85.5 Å². The van der Waals surface area contributed by atoms with Gasteiger partial charge in [0, 0.05) is 0 Å². The summed E-state index contributed by atoms with van der Waals surface area (Å²) in [4.78, 5) is 31.7. The lowest BCUT2D eigenvalue weighted by Gasteiger charge is -2.38. The molecule has 0 aliphatic carbocycles. The van der Waals surface area contributed by atoms with Crippen LogP contribution in [0.25, 0.3) is 6.08 Å². The van der Waals surface area contributed by atoms with Crippen LogP contribution < -0.4 is 0 Å². The van der Waals surface area contributed by atoms with E-state index < -0.39 is 22.9 Å². The number of nitrogens with zero attached hydrogens (tertiary/aromatic N) is 3. The van der Waals surface area contributed by atoms with Crippen LogP contribution in [0.5, 0.6) is 0 Å². The van der Waals surface area contributed by atoms with E-state index in [9.17, 15) is 9.59 Å². The lowest BCUT2D eigenvalue weighted by Crippen LogP contribution is -2.57. The van der Waals surface area contributed by atoms with E-state index >= 15 is 0 Å². The number of hydrogen-bond acceptors (Lipinski definition) is 7. The Hall–Kier alpha value is -3.39. The van der Waals surface area contributed by atoms with E-state index in [4.69, 9.17) is 9.26 Å². The van der Waals surface area contributed by atoms with Crippen molar-refractivity contribution in [1.82, 2.24) is 15.0 Å². The average Bonchev–Trinajstić information content (AvgIpc) is 3.41. The van der Waals surface area contributed by atoms with Crippen molar-refractivity contribution in [3.63, 3.8) is 0 Å². The van der Waals surface area contributed by atoms with Crippen LogP contribution >= 0.6 is 11.8 Å². The molecule has 3 heterocycles. The highest BCUT2D eigenvalue weighted by Crippen LogP contribution is 2.52. The molecule has 1 aromatic heterocycles. The molecule has 2 fully saturated rings. The molecule has 2 aliphatic heterocycles. The Morgan fingerprint density at radius 1 is 1.19 bits per heavy atom. The second kappa shape index (κ2) is 8.27. The van der Waals surface area contributed by atoms with E-state index in [1.54, 1.807) is 22.7 Å². The van der Waals surface area contributed by atoms with E-state index in [0.717, 1.165) is 11.1 Å². The number of rotatable bonds is 6. The van der Waals surface area contributed by atoms with Crippen LogP contribution in [-0.2, 0) is 14.3 Å². The van der Waals surface area contributed by atoms with Crippen molar-refractivity contribution in [2.24, 2.45) is 0 Å². The molecule has 0 unspecified atom stereocenters. The summed E-state index contributed by atoms with van der Waals surface area (Å²) >= 11 is 1.57. The molecule has 32 heavy (non-hydrogen) atoms. The van der Waals surface area contributed by atoms with Gasteiger partial charge in [-0.3, -0.25) is 4.79 Å². The van der Waals surface area contributed by atoms with Crippen molar-refractivity contribution < 1.29 is 18.8 Å². The number of aromatic nitrogens is 2. The minimum atomic E-state index is -0.753. The second-order valence-electron chi connectivity index (χ2n) is 7.93. The third-order valence-corrected chi connectivity index (χ3v) is 7.30. The summed E-state index contributed by atoms with van der Waals surface area (Å²) in [6.45, 7) is 1.94. The number of hydrogen-bond donors (Lipinski definition) is 0. The predicted molar refractivity (Wildman–Crippen MR) is 119 cm³/mol. The third kappa shape index (κ3) is 3.71. The van der Waals surface area contributed by atoms with Gasteiger partial charge in [-0.1, -0.05) is 71.9 Å². The number of carbonyl (C=O) groups is 2. The van der Waals surface area contributed by atoms with Crippen molar-refractivity contribution in [1.29, 1.82) is 0 Å². The first-order valence-electron chi connectivity index (χ1n) is 10.3. The summed E-state index contributed by atoms with van der Waals surface area (Å²) in [5, 5.41) is 3.75. The van der Waals surface area contributed by atoms with Crippen molar-refractivity contribution in [3.05, 3.63) is 90.1 Å². The van der Waals surface area contributed by atoms with Gasteiger partial charge < -0.3 is 14.2 Å². The van der Waals surface area contributed by atoms with Gasteiger partial charge in [-0.2, -0.15) is 4.98 Å². The van der Waals surface area contributed by atoms with Crippen LogP contribution in [0.3, 0.4) is 0 Å². The standard InChI is InChI=1S/C24H21N3O4S/c1-24(13-12-18-25-15-30-26-18)22(27-19(28)14-20(27)32-24)23(29)31-21(16-8-4-2-5-9-16)17-10-6-3-7-11-17/h2-13,15,20-22H,14H2,1H3/t20-,22+,24+/m1/s1. The number of thioether (sulfide) groups is 1. The molecular formula is C24H21N3O4S. The van der Waals surface area contributed by atoms with Gasteiger partial charge in [0.2, 0.25) is 12.3 Å². The third-order valence-electron chi connectivity index (χ3n) is 5.76. The fraction of sp³-hybridized carbons (Fsp3) is 0.250. The van der Waals surface area contributed by atoms with Gasteiger partial charge in [-0.25, -0.2) is 4.79 Å². The number of carbonyl (C=O) groups excluding carboxylic acids is 2. The lowest BCUT2D eigenvalue weighted by molar-refractivity contribution is -0.163. The van der Waals surface area contributed by atoms with Crippen LogP contribution in [0, 0.1) is 0 Å². The molecule has 2 aromatic carbocycles. The highest BCUT2D eigenvalue weighted by atomic mass is 32.2. The minimum Gasteiger partial charge on any atom is -0.451 e. The second-order valence-corrected chi connectivity index (χ2v) is 9.58. The number of β-lactam (4-membered cyclic amide) rings is 1. The Labute approximate surface area is 189 Å². The van der Waals surface area contributed by atoms with Gasteiger partial charge in [-0.15, -0.1) is 11.8 Å². The molecule has 0 spiro atoms. The minimum absolute atomic E-state index is 0.0443. The van der Waals surface area contributed by atoms with E-state index in [1.807, 2.05) is 73.7 Å². The molecule has 1 amide bonds. The predicted octanol–water partition coefficient (Wildman–Crippen LogP) is 3.85. The van der Waals surface area contributed by atoms with E-state index in [-0.39, 0.29) is 11.3 Å². The molecule has 5 rings (SSSR count). The maximum atomic E-state index is 13.6. The Morgan fingerprint density at radius 3 is 2.41 bits per heavy atom. The smallest absolute Gasteiger partial charge is 0.331 e. The monoisotopic (exact) mass is 447 g/mol. The molecule has 0 N–H and O–H groups in total. The Bertz CT molecular complexity index is 1100. The average molecular weight is 448 g/mol. The fourth-order valence-corrected chi connectivity index (χ4v) is 5.83. The zero-order valence-corrected chi connectivity index (χ0v) is 18.1. The largest absolute Gasteiger partial charge is 0.451 e. The number of esters is 1. The fourth-order valence-electron chi connectivity index (χ4n) is 4.18. The van der Waals surface area contributed by atoms with Crippen LogP contribution in [0.15, 0.2) is 77.7 Å². The van der Waals surface area contributed by atoms with Crippen molar-refractivity contribution in [2.45, 2.75) is 35.6 Å². The highest BCUT2D eigenvalue weighted by Gasteiger charge is 2.60. The van der Waals surface area contributed by atoms with Gasteiger partial charge in [0.15, 0.2) is 11.9 Å². The van der Waals surface area contributed by atoms with Gasteiger partial charge in [0.25, 0.3) is 0 Å². The van der Waals surface area contributed by atoms with Crippen molar-refractivity contribution in [2.75, 3.05) is 0 Å². The van der Waals surface area contributed by atoms with E-state index in [2.05, 4.69) is 10.1 Å². The molecule has 3 atom stereocenters. The lowest BCUT2D eigenvalue weighted by atomic mass is 9.95. The van der Waals surface area contributed by atoms with Crippen molar-refractivity contribution in [3.8, 4) is 0 Å². The first-order valence-corrected chi connectivity index (χ1v) is 11.2. The zero-order chi connectivity index (χ0) is 22.1. The molecule has 0 radical (unpaired) electrons. The van der Waals surface area contributed by atoms with E-state index in [1.165, 1.54) is 6.39 Å². The number of benzene rings is 2. The van der Waals surface area contributed by atoms with Crippen LogP contribution in [0.2, 0.25) is 0 Å². The molecule has 0 bridgehead atoms. The quantitative estimate of drug-likeness (QED) is 0.419. The first kappa shape index (κ1) is 20.5. The van der Waals surface area contributed by atoms with Crippen LogP contribution in [0.1, 0.15) is 36.4 Å². The van der Waals surface area contributed by atoms with Gasteiger partial charge in [-0.05, 0) is 24.1 Å². The van der Waals surface area contributed by atoms with Crippen LogP contribution in [0.4, 0.5) is 0 Å². The van der Waals surface area contributed by atoms with Gasteiger partial charge in [0.05, 0.1) is 16.5 Å². The van der Waals surface area contributed by atoms with E-state index in [0.29, 0.717) is 12.2 Å². The molecular weight excluding hydrogens is 426 g/mol. The maximum absolute atomic E-state index is 13.6. The number of ether oxygens (including phenoxy) is 1. The van der Waals surface area contributed by atoms with Gasteiger partial charge >= 0.3 is 5.97 Å². The summed E-state index contributed by atoms with van der Waals surface area (Å²) in [7, 11) is 0. The number of amides is 1. The molecule has 7 nitrogen and oxygen atoms in total. The summed E-state index contributed by atoms with van der Waals surface area (Å²) in [5.74, 6) is -0.0749. The summed E-state index contributed by atoms with van der Waals surface area (Å²) in [6.07, 6.45) is 4.66. The number of fused-ring (bicyclic) bond motifs is 1. The summed E-state index contributed by atoms with van der Waals surface area (Å²) in [5.41, 5.74) is 1.74. The SMILES string of the molecule is C[C@@]1(C=Cc2ncon2)S[C@@H]2CC(=O)N2[C@H]1C(=O)OC(c1ccccc1)c1ccccc1. The Balaban J connectivity index is 1.46. The molecule has 162 valence electrons. The zero-order valence-electron chi connectivity index (χ0n) is 17.3. The Kier molecular flexibility index (Phi) is 5.30. The molecule has 3 aromatic rings. The highest BCUT2D eigenvalue weighted by molar-refractivity contribution is 8.01. The normalized spacial score (nSPS) is 24.6. The Morgan fingerprint density at radius 2 is 1.84 bits per heavy atom. The maximum Gasteiger partial charge on any atom is 0.331 e.